The van der Waals surface area contributed by atoms with E-state index in [1.807, 2.05) is 24.0 Å². The molecule has 5 nitrogen and oxygen atoms in total. The van der Waals surface area contributed by atoms with Crippen LogP contribution in [0.15, 0.2) is 42.5 Å². The molecule has 0 atom stereocenters. The summed E-state index contributed by atoms with van der Waals surface area (Å²) in [6.07, 6.45) is 0.827. The average molecular weight is 351 g/mol. The second-order valence-corrected chi connectivity index (χ2v) is 7.59. The van der Waals surface area contributed by atoms with Crippen LogP contribution in [0.4, 0.5) is 10.5 Å². The summed E-state index contributed by atoms with van der Waals surface area (Å²) in [5, 5.41) is 2.92. The molecule has 3 N–H and O–H groups in total. The largest absolute Gasteiger partial charge is 0.366 e. The minimum Gasteiger partial charge on any atom is -0.366 e. The smallest absolute Gasteiger partial charge is 0.321 e. The molecular weight excluding hydrogens is 326 g/mol. The van der Waals surface area contributed by atoms with Crippen molar-refractivity contribution in [3.63, 3.8) is 0 Å². The van der Waals surface area contributed by atoms with E-state index in [1.165, 1.54) is 11.1 Å². The summed E-state index contributed by atoms with van der Waals surface area (Å²) in [7, 11) is 0. The number of nitrogens with zero attached hydrogens (tertiary/aromatic N) is 1. The predicted molar refractivity (Wildman–Crippen MR) is 103 cm³/mol. The summed E-state index contributed by atoms with van der Waals surface area (Å²) in [6.45, 7) is 7.48. The fourth-order valence-electron chi connectivity index (χ4n) is 3.67. The fourth-order valence-corrected chi connectivity index (χ4v) is 3.67. The molecule has 3 amide bonds. The molecule has 2 aromatic rings. The molecule has 3 rings (SSSR count). The molecule has 1 aliphatic heterocycles. The molecule has 0 aliphatic carbocycles. The average Bonchev–Trinajstić information content (AvgIpc) is 2.71. The van der Waals surface area contributed by atoms with Crippen LogP contribution in [-0.4, -0.2) is 29.9 Å². The van der Waals surface area contributed by atoms with Crippen molar-refractivity contribution in [2.45, 2.75) is 32.6 Å². The zero-order valence-corrected chi connectivity index (χ0v) is 15.5. The fraction of sp³-hybridized carbons (Fsp3) is 0.333. The van der Waals surface area contributed by atoms with Crippen LogP contribution in [0.25, 0.3) is 0 Å². The molecule has 136 valence electrons. The highest BCUT2D eigenvalue weighted by Crippen LogP contribution is 2.31. The summed E-state index contributed by atoms with van der Waals surface area (Å²) < 4.78 is 0. The van der Waals surface area contributed by atoms with Crippen molar-refractivity contribution >= 4 is 17.6 Å². The number of rotatable bonds is 2. The first-order valence-electron chi connectivity index (χ1n) is 8.82. The van der Waals surface area contributed by atoms with Crippen molar-refractivity contribution in [1.29, 1.82) is 0 Å². The third-order valence-corrected chi connectivity index (χ3v) is 4.88. The van der Waals surface area contributed by atoms with Crippen LogP contribution in [-0.2, 0) is 11.8 Å². The van der Waals surface area contributed by atoms with Gasteiger partial charge in [-0.15, -0.1) is 0 Å². The number of carbonyl (C=O) groups excluding carboxylic acids is 2. The summed E-state index contributed by atoms with van der Waals surface area (Å²) in [4.78, 5) is 26.1. The first-order chi connectivity index (χ1) is 12.3. The van der Waals surface area contributed by atoms with E-state index in [9.17, 15) is 9.59 Å². The van der Waals surface area contributed by atoms with E-state index < -0.39 is 5.91 Å². The summed E-state index contributed by atoms with van der Waals surface area (Å²) in [6, 6.07) is 13.4. The van der Waals surface area contributed by atoms with Crippen molar-refractivity contribution in [3.05, 3.63) is 64.7 Å². The predicted octanol–water partition coefficient (Wildman–Crippen LogP) is 3.46. The van der Waals surface area contributed by atoms with Gasteiger partial charge in [-0.3, -0.25) is 4.79 Å². The maximum atomic E-state index is 12.9. The van der Waals surface area contributed by atoms with Gasteiger partial charge in [0.05, 0.1) is 0 Å². The third-order valence-electron chi connectivity index (χ3n) is 4.88. The molecule has 2 aromatic carbocycles. The molecule has 0 radical (unpaired) electrons. The van der Waals surface area contributed by atoms with Crippen LogP contribution in [0.1, 0.15) is 40.9 Å². The number of primary amides is 1. The van der Waals surface area contributed by atoms with Gasteiger partial charge in [-0.1, -0.05) is 38.1 Å². The first kappa shape index (κ1) is 18.0. The summed E-state index contributed by atoms with van der Waals surface area (Å²) >= 11 is 0. The van der Waals surface area contributed by atoms with Gasteiger partial charge in [-0.2, -0.15) is 0 Å². The van der Waals surface area contributed by atoms with Crippen molar-refractivity contribution in [2.24, 2.45) is 5.73 Å². The van der Waals surface area contributed by atoms with Gasteiger partial charge in [0.2, 0.25) is 5.91 Å². The number of nitrogens with two attached hydrogens (primary N) is 1. The number of carbonyl (C=O) groups is 2. The van der Waals surface area contributed by atoms with E-state index in [4.69, 9.17) is 5.73 Å². The lowest BCUT2D eigenvalue weighted by atomic mass is 9.82. The van der Waals surface area contributed by atoms with Crippen LogP contribution in [0.5, 0.6) is 0 Å². The lowest BCUT2D eigenvalue weighted by Crippen LogP contribution is -2.42. The molecule has 0 saturated heterocycles. The maximum Gasteiger partial charge on any atom is 0.321 e. The number of amides is 3. The van der Waals surface area contributed by atoms with Crippen LogP contribution >= 0.6 is 0 Å². The lowest BCUT2D eigenvalue weighted by molar-refractivity contribution is 0.1000. The lowest BCUT2D eigenvalue weighted by Gasteiger charge is -2.31. The monoisotopic (exact) mass is 351 g/mol. The molecule has 0 aromatic heterocycles. The van der Waals surface area contributed by atoms with Gasteiger partial charge in [0.1, 0.15) is 0 Å². The normalized spacial score (nSPS) is 15.7. The van der Waals surface area contributed by atoms with Gasteiger partial charge < -0.3 is 16.0 Å². The first-order valence-corrected chi connectivity index (χ1v) is 8.82. The highest BCUT2D eigenvalue weighted by Gasteiger charge is 2.31. The molecule has 1 aliphatic rings. The molecule has 0 fully saturated rings. The standard InChI is InChI=1S/C21H25N3O2/c1-14-10-16(19(22)25)12-17(11-14)23-20(26)24-9-8-15-6-4-5-7-18(15)21(2,3)13-24/h4-7,10-12H,8-9,13H2,1-3H3,(H2,22,25)(H,23,26). The number of benzene rings is 2. The zero-order valence-electron chi connectivity index (χ0n) is 15.5. The second-order valence-electron chi connectivity index (χ2n) is 7.59. The number of urea groups is 1. The Balaban J connectivity index is 1.80. The van der Waals surface area contributed by atoms with Crippen molar-refractivity contribution in [3.8, 4) is 0 Å². The van der Waals surface area contributed by atoms with Gasteiger partial charge in [0.15, 0.2) is 0 Å². The van der Waals surface area contributed by atoms with Gasteiger partial charge in [-0.25, -0.2) is 4.79 Å². The zero-order chi connectivity index (χ0) is 18.9. The van der Waals surface area contributed by atoms with Crippen LogP contribution < -0.4 is 11.1 Å². The number of fused-ring (bicyclic) bond motifs is 1. The number of nitrogens with one attached hydrogen (secondary N) is 1. The Labute approximate surface area is 154 Å². The number of hydrogen-bond acceptors (Lipinski definition) is 2. The minimum atomic E-state index is -0.504. The van der Waals surface area contributed by atoms with Crippen LogP contribution in [0, 0.1) is 6.92 Å². The van der Waals surface area contributed by atoms with Crippen molar-refractivity contribution < 1.29 is 9.59 Å². The van der Waals surface area contributed by atoms with Crippen molar-refractivity contribution in [2.75, 3.05) is 18.4 Å². The highest BCUT2D eigenvalue weighted by atomic mass is 16.2. The van der Waals surface area contributed by atoms with Gasteiger partial charge in [-0.05, 0) is 48.2 Å². The van der Waals surface area contributed by atoms with Gasteiger partial charge in [0.25, 0.3) is 0 Å². The SMILES string of the molecule is Cc1cc(NC(=O)N2CCc3ccccc3C(C)(C)C2)cc(C(N)=O)c1. The van der Waals surface area contributed by atoms with E-state index >= 15 is 0 Å². The molecule has 26 heavy (non-hydrogen) atoms. The van der Waals surface area contributed by atoms with Crippen LogP contribution in [0.3, 0.4) is 0 Å². The Hall–Kier alpha value is -2.82. The topological polar surface area (TPSA) is 75.4 Å². The molecular formula is C21H25N3O2. The number of aryl methyl sites for hydroxylation is 1. The Morgan fingerprint density at radius 3 is 2.62 bits per heavy atom. The summed E-state index contributed by atoms with van der Waals surface area (Å²) in [5.41, 5.74) is 9.68. The second kappa shape index (κ2) is 6.83. The Morgan fingerprint density at radius 1 is 1.15 bits per heavy atom. The number of anilines is 1. The van der Waals surface area contributed by atoms with E-state index in [2.05, 4.69) is 37.4 Å². The van der Waals surface area contributed by atoms with Gasteiger partial charge in [0, 0.05) is 29.8 Å². The minimum absolute atomic E-state index is 0.130. The third kappa shape index (κ3) is 3.72. The maximum absolute atomic E-state index is 12.9. The van der Waals surface area contributed by atoms with E-state index in [0.29, 0.717) is 24.3 Å². The quantitative estimate of drug-likeness (QED) is 0.869. The van der Waals surface area contributed by atoms with E-state index in [1.54, 1.807) is 12.1 Å². The molecule has 0 spiro atoms. The Kier molecular flexibility index (Phi) is 4.72. The van der Waals surface area contributed by atoms with E-state index in [0.717, 1.165) is 12.0 Å². The molecule has 0 bridgehead atoms. The molecule has 0 unspecified atom stereocenters. The Bertz CT molecular complexity index is 858. The van der Waals surface area contributed by atoms with E-state index in [-0.39, 0.29) is 11.4 Å². The van der Waals surface area contributed by atoms with Crippen molar-refractivity contribution in [1.82, 2.24) is 4.90 Å². The highest BCUT2D eigenvalue weighted by molar-refractivity contribution is 5.96. The van der Waals surface area contributed by atoms with Crippen LogP contribution in [0.2, 0.25) is 0 Å². The number of hydrogen-bond donors (Lipinski definition) is 2. The Morgan fingerprint density at radius 2 is 1.88 bits per heavy atom. The summed E-state index contributed by atoms with van der Waals surface area (Å²) in [5.74, 6) is -0.504. The molecule has 1 heterocycles. The van der Waals surface area contributed by atoms with Gasteiger partial charge >= 0.3 is 6.03 Å². The molecule has 5 heteroatoms. The molecule has 0 saturated carbocycles.